The standard InChI is InChI=1S/C23H23Cl2FN2O3/c1-22(2,3)10-17-23(13-6-5-12(24)9-16(13)27-21(23)31)18(19(28-17)20(29)30)11-4-7-15(26)14(25)8-11/h4-9,17-19,28H,10H2,1-3H3,(H,27,31)(H,29,30)/t17-,18-,19+,23+/m0/s1. The molecule has 8 heteroatoms. The average molecular weight is 465 g/mol. The highest BCUT2D eigenvalue weighted by Crippen LogP contribution is 2.56. The molecule has 0 saturated carbocycles. The van der Waals surface area contributed by atoms with E-state index in [4.69, 9.17) is 23.2 Å². The molecule has 0 radical (unpaired) electrons. The Morgan fingerprint density at radius 2 is 1.90 bits per heavy atom. The lowest BCUT2D eigenvalue weighted by molar-refractivity contribution is -0.139. The first-order chi connectivity index (χ1) is 14.4. The summed E-state index contributed by atoms with van der Waals surface area (Å²) in [7, 11) is 0. The Labute approximate surface area is 189 Å². The molecular weight excluding hydrogens is 442 g/mol. The van der Waals surface area contributed by atoms with Crippen molar-refractivity contribution in [1.29, 1.82) is 0 Å². The van der Waals surface area contributed by atoms with E-state index in [9.17, 15) is 19.1 Å². The van der Waals surface area contributed by atoms with Crippen molar-refractivity contribution in [3.05, 3.63) is 63.4 Å². The van der Waals surface area contributed by atoms with Crippen LogP contribution in [0.15, 0.2) is 36.4 Å². The number of carbonyl (C=O) groups is 2. The molecule has 0 aromatic heterocycles. The van der Waals surface area contributed by atoms with E-state index in [1.807, 2.05) is 20.8 Å². The van der Waals surface area contributed by atoms with Gasteiger partial charge in [-0.1, -0.05) is 56.1 Å². The molecule has 2 aliphatic rings. The van der Waals surface area contributed by atoms with Crippen LogP contribution in [0.25, 0.3) is 0 Å². The SMILES string of the molecule is CC(C)(C)C[C@@H]1N[C@@H](C(=O)O)[C@H](c2ccc(F)c(Cl)c2)[C@]12C(=O)Nc1cc(Cl)ccc12. The van der Waals surface area contributed by atoms with Crippen LogP contribution in [0.5, 0.6) is 0 Å². The van der Waals surface area contributed by atoms with Crippen LogP contribution in [0.1, 0.15) is 44.2 Å². The van der Waals surface area contributed by atoms with Crippen LogP contribution in [0.3, 0.4) is 0 Å². The zero-order valence-corrected chi connectivity index (χ0v) is 18.8. The number of anilines is 1. The summed E-state index contributed by atoms with van der Waals surface area (Å²) in [6, 6.07) is 7.71. The number of aliphatic carboxylic acids is 1. The van der Waals surface area contributed by atoms with E-state index in [0.29, 0.717) is 28.3 Å². The van der Waals surface area contributed by atoms with E-state index in [-0.39, 0.29) is 16.3 Å². The number of rotatable bonds is 3. The van der Waals surface area contributed by atoms with Crippen molar-refractivity contribution in [2.75, 3.05) is 5.32 Å². The summed E-state index contributed by atoms with van der Waals surface area (Å²) in [5.41, 5.74) is 0.302. The molecule has 1 amide bonds. The Morgan fingerprint density at radius 3 is 2.52 bits per heavy atom. The van der Waals surface area contributed by atoms with Crippen LogP contribution in [0, 0.1) is 11.2 Å². The van der Waals surface area contributed by atoms with Gasteiger partial charge in [-0.25, -0.2) is 4.39 Å². The highest BCUT2D eigenvalue weighted by atomic mass is 35.5. The van der Waals surface area contributed by atoms with E-state index in [1.165, 1.54) is 18.2 Å². The zero-order chi connectivity index (χ0) is 22.7. The van der Waals surface area contributed by atoms with E-state index >= 15 is 0 Å². The number of hydrogen-bond donors (Lipinski definition) is 3. The van der Waals surface area contributed by atoms with Crippen molar-refractivity contribution < 1.29 is 19.1 Å². The number of halogens is 3. The number of carbonyl (C=O) groups excluding carboxylic acids is 1. The lowest BCUT2D eigenvalue weighted by Gasteiger charge is -2.37. The lowest BCUT2D eigenvalue weighted by atomic mass is 9.62. The molecule has 2 aromatic carbocycles. The summed E-state index contributed by atoms with van der Waals surface area (Å²) in [6.07, 6.45) is 0.539. The monoisotopic (exact) mass is 464 g/mol. The van der Waals surface area contributed by atoms with Gasteiger partial charge in [-0.2, -0.15) is 0 Å². The molecular formula is C23H23Cl2FN2O3. The minimum absolute atomic E-state index is 0.120. The number of benzene rings is 2. The number of nitrogens with one attached hydrogen (secondary N) is 2. The summed E-state index contributed by atoms with van der Waals surface area (Å²) in [5, 5.41) is 16.6. The zero-order valence-electron chi connectivity index (χ0n) is 17.3. The molecule has 2 aromatic rings. The first kappa shape index (κ1) is 22.1. The number of hydrogen-bond acceptors (Lipinski definition) is 3. The fourth-order valence-electron chi connectivity index (χ4n) is 5.11. The maximum atomic E-state index is 13.9. The molecule has 1 saturated heterocycles. The fraction of sp³-hybridized carbons (Fsp3) is 0.391. The highest BCUT2D eigenvalue weighted by molar-refractivity contribution is 6.31. The summed E-state index contributed by atoms with van der Waals surface area (Å²) in [5.74, 6) is -2.80. The molecule has 4 atom stereocenters. The number of carboxylic acids is 1. The third-order valence-electron chi connectivity index (χ3n) is 6.19. The fourth-order valence-corrected chi connectivity index (χ4v) is 5.48. The molecule has 3 N–H and O–H groups in total. The van der Waals surface area contributed by atoms with Gasteiger partial charge in [0.25, 0.3) is 0 Å². The molecule has 0 unspecified atom stereocenters. The van der Waals surface area contributed by atoms with Crippen LogP contribution >= 0.6 is 23.2 Å². The van der Waals surface area contributed by atoms with E-state index in [0.717, 1.165) is 0 Å². The van der Waals surface area contributed by atoms with Crippen LogP contribution in [0.2, 0.25) is 10.0 Å². The van der Waals surface area contributed by atoms with Crippen molar-refractivity contribution in [1.82, 2.24) is 5.32 Å². The predicted octanol–water partition coefficient (Wildman–Crippen LogP) is 4.97. The van der Waals surface area contributed by atoms with Gasteiger partial charge < -0.3 is 10.4 Å². The first-order valence-corrected chi connectivity index (χ1v) is 10.8. The Kier molecular flexibility index (Phi) is 5.31. The van der Waals surface area contributed by atoms with Gasteiger partial charge in [0.1, 0.15) is 17.3 Å². The van der Waals surface area contributed by atoms with Gasteiger partial charge in [-0.3, -0.25) is 14.9 Å². The third kappa shape index (κ3) is 3.51. The maximum Gasteiger partial charge on any atom is 0.321 e. The van der Waals surface area contributed by atoms with E-state index in [2.05, 4.69) is 10.6 Å². The summed E-state index contributed by atoms with van der Waals surface area (Å²) < 4.78 is 13.9. The molecule has 0 aliphatic carbocycles. The van der Waals surface area contributed by atoms with Crippen molar-refractivity contribution in [3.8, 4) is 0 Å². The quantitative estimate of drug-likeness (QED) is 0.599. The van der Waals surface area contributed by atoms with Gasteiger partial charge in [-0.15, -0.1) is 0 Å². The van der Waals surface area contributed by atoms with Gasteiger partial charge in [0.2, 0.25) is 5.91 Å². The first-order valence-electron chi connectivity index (χ1n) is 10.0. The minimum atomic E-state index is -1.22. The van der Waals surface area contributed by atoms with Crippen molar-refractivity contribution in [2.45, 2.75) is 50.6 Å². The summed E-state index contributed by atoms with van der Waals surface area (Å²) >= 11 is 12.2. The van der Waals surface area contributed by atoms with E-state index < -0.39 is 35.2 Å². The molecule has 2 heterocycles. The highest BCUT2D eigenvalue weighted by Gasteiger charge is 2.65. The Bertz CT molecular complexity index is 1080. The van der Waals surface area contributed by atoms with Crippen LogP contribution in [-0.2, 0) is 15.0 Å². The van der Waals surface area contributed by atoms with Crippen LogP contribution in [0.4, 0.5) is 10.1 Å². The molecule has 5 nitrogen and oxygen atoms in total. The van der Waals surface area contributed by atoms with Gasteiger partial charge in [0.15, 0.2) is 0 Å². The molecule has 0 bridgehead atoms. The molecule has 1 spiro atoms. The Balaban J connectivity index is 2.01. The topological polar surface area (TPSA) is 78.4 Å². The second-order valence-electron chi connectivity index (χ2n) is 9.46. The third-order valence-corrected chi connectivity index (χ3v) is 6.72. The molecule has 2 aliphatic heterocycles. The second-order valence-corrected chi connectivity index (χ2v) is 10.3. The molecule has 164 valence electrons. The van der Waals surface area contributed by atoms with Gasteiger partial charge >= 0.3 is 5.97 Å². The second kappa shape index (κ2) is 7.47. The van der Waals surface area contributed by atoms with Crippen LogP contribution in [-0.4, -0.2) is 29.1 Å². The predicted molar refractivity (Wildman–Crippen MR) is 118 cm³/mol. The van der Waals surface area contributed by atoms with Crippen molar-refractivity contribution in [2.24, 2.45) is 5.41 Å². The number of amides is 1. The van der Waals surface area contributed by atoms with Gasteiger partial charge in [-0.05, 0) is 47.2 Å². The average Bonchev–Trinajstić information content (AvgIpc) is 3.12. The molecule has 31 heavy (non-hydrogen) atoms. The molecule has 4 rings (SSSR count). The van der Waals surface area contributed by atoms with E-state index in [1.54, 1.807) is 18.2 Å². The molecule has 1 fully saturated rings. The van der Waals surface area contributed by atoms with Crippen molar-refractivity contribution >= 4 is 40.8 Å². The maximum absolute atomic E-state index is 13.9. The normalized spacial score (nSPS) is 27.4. The number of carboxylic acid groups (broad SMARTS) is 1. The van der Waals surface area contributed by atoms with Gasteiger partial charge in [0.05, 0.1) is 5.02 Å². The number of fused-ring (bicyclic) bond motifs is 2. The largest absolute Gasteiger partial charge is 0.480 e. The summed E-state index contributed by atoms with van der Waals surface area (Å²) in [6.45, 7) is 6.11. The Hall–Kier alpha value is -2.15. The van der Waals surface area contributed by atoms with Gasteiger partial charge in [0, 0.05) is 22.7 Å². The van der Waals surface area contributed by atoms with Crippen molar-refractivity contribution in [3.63, 3.8) is 0 Å². The summed E-state index contributed by atoms with van der Waals surface area (Å²) in [4.78, 5) is 26.0. The lowest BCUT2D eigenvalue weighted by Crippen LogP contribution is -2.49. The van der Waals surface area contributed by atoms with Crippen LogP contribution < -0.4 is 10.6 Å². The minimum Gasteiger partial charge on any atom is -0.480 e. The smallest absolute Gasteiger partial charge is 0.321 e. The Morgan fingerprint density at radius 1 is 1.19 bits per heavy atom.